The number of hydrogen-bond donors (Lipinski definition) is 3. The number of dihydropyridines is 1. The number of rotatable bonds is 8. The molecule has 0 aliphatic carbocycles. The van der Waals surface area contributed by atoms with Crippen molar-refractivity contribution in [1.82, 2.24) is 15.5 Å². The molecule has 8 nitrogen and oxygen atoms in total. The number of nitrogens with one attached hydrogen (secondary N) is 2. The summed E-state index contributed by atoms with van der Waals surface area (Å²) >= 11 is 0. The van der Waals surface area contributed by atoms with Crippen molar-refractivity contribution < 1.29 is 9.59 Å². The van der Waals surface area contributed by atoms with Gasteiger partial charge in [-0.3, -0.25) is 14.6 Å². The topological polar surface area (TPSA) is 112 Å². The Hall–Kier alpha value is -2.22. The van der Waals surface area contributed by atoms with Gasteiger partial charge in [-0.15, -0.1) is 0 Å². The normalized spacial score (nSPS) is 23.4. The van der Waals surface area contributed by atoms with Gasteiger partial charge in [0, 0.05) is 12.8 Å². The highest BCUT2D eigenvalue weighted by Crippen LogP contribution is 2.17. The van der Waals surface area contributed by atoms with Crippen LogP contribution >= 0.6 is 0 Å². The van der Waals surface area contributed by atoms with Crippen molar-refractivity contribution in [3.05, 3.63) is 12.2 Å². The minimum Gasteiger partial charge on any atom is -0.368 e. The lowest BCUT2D eigenvalue weighted by Gasteiger charge is -2.24. The number of nitrogens with two attached hydrogens (primary N) is 1. The van der Waals surface area contributed by atoms with E-state index in [1.54, 1.807) is 19.6 Å². The summed E-state index contributed by atoms with van der Waals surface area (Å²) in [5, 5.41) is 5.68. The van der Waals surface area contributed by atoms with E-state index in [1.807, 2.05) is 17.1 Å². The Labute approximate surface area is 129 Å². The van der Waals surface area contributed by atoms with Gasteiger partial charge in [-0.1, -0.05) is 6.08 Å². The second-order valence-corrected chi connectivity index (χ2v) is 5.26. The van der Waals surface area contributed by atoms with Crippen LogP contribution in [0.4, 0.5) is 0 Å². The van der Waals surface area contributed by atoms with Gasteiger partial charge in [-0.05, 0) is 26.0 Å². The predicted molar refractivity (Wildman–Crippen MR) is 84.7 cm³/mol. The van der Waals surface area contributed by atoms with Crippen LogP contribution < -0.4 is 16.4 Å². The molecule has 22 heavy (non-hydrogen) atoms. The molecule has 0 spiro atoms. The SMILES string of the molecule is CNC(CCCNC(=O)CN1C=NC2N=CC=CC21)C(N)=O. The zero-order valence-electron chi connectivity index (χ0n) is 12.6. The van der Waals surface area contributed by atoms with Gasteiger partial charge >= 0.3 is 0 Å². The lowest BCUT2D eigenvalue weighted by molar-refractivity contribution is -0.121. The van der Waals surface area contributed by atoms with Crippen LogP contribution in [0.2, 0.25) is 0 Å². The molecule has 0 aromatic carbocycles. The number of nitrogens with zero attached hydrogens (tertiary/aromatic N) is 3. The highest BCUT2D eigenvalue weighted by molar-refractivity contribution is 5.82. The number of primary amides is 1. The van der Waals surface area contributed by atoms with Crippen LogP contribution in [-0.4, -0.2) is 67.7 Å². The van der Waals surface area contributed by atoms with Crippen molar-refractivity contribution in [2.24, 2.45) is 15.7 Å². The summed E-state index contributed by atoms with van der Waals surface area (Å²) in [6.07, 6.45) is 8.39. The number of carbonyl (C=O) groups excluding carboxylic acids is 2. The summed E-state index contributed by atoms with van der Waals surface area (Å²) in [6.45, 7) is 0.757. The number of carbonyl (C=O) groups is 2. The summed E-state index contributed by atoms with van der Waals surface area (Å²) in [6, 6.07) is -0.326. The van der Waals surface area contributed by atoms with Crippen molar-refractivity contribution in [1.29, 1.82) is 0 Å². The Balaban J connectivity index is 1.66. The van der Waals surface area contributed by atoms with Gasteiger partial charge in [0.1, 0.15) is 0 Å². The monoisotopic (exact) mass is 306 g/mol. The zero-order chi connectivity index (χ0) is 15.9. The number of allylic oxidation sites excluding steroid dienone is 1. The third-order valence-electron chi connectivity index (χ3n) is 3.70. The fourth-order valence-electron chi connectivity index (χ4n) is 2.46. The van der Waals surface area contributed by atoms with Crippen LogP contribution in [0.1, 0.15) is 12.8 Å². The summed E-state index contributed by atoms with van der Waals surface area (Å²) in [5.74, 6) is -0.451. The van der Waals surface area contributed by atoms with Crippen molar-refractivity contribution in [3.63, 3.8) is 0 Å². The number of aliphatic imine (C=N–C) groups is 2. The molecule has 0 fully saturated rings. The standard InChI is InChI=1S/C14H22N6O2/c1-16-10(13(15)22)4-2-6-17-12(21)8-20-9-19-14-11(20)5-3-7-18-14/h3,5,7,9-11,14,16H,2,4,6,8H2,1H3,(H2,15,22)(H,17,21). The molecule has 120 valence electrons. The van der Waals surface area contributed by atoms with Gasteiger partial charge in [-0.2, -0.15) is 0 Å². The first-order valence-corrected chi connectivity index (χ1v) is 7.34. The number of likely N-dealkylation sites (N-methyl/N-ethyl adjacent to an activating group) is 1. The summed E-state index contributed by atoms with van der Waals surface area (Å²) in [5.41, 5.74) is 5.23. The molecule has 2 aliphatic rings. The minimum atomic E-state index is -0.377. The highest BCUT2D eigenvalue weighted by atomic mass is 16.2. The molecule has 0 radical (unpaired) electrons. The van der Waals surface area contributed by atoms with Gasteiger partial charge in [0.25, 0.3) is 0 Å². The maximum absolute atomic E-state index is 11.9. The molecule has 0 saturated carbocycles. The van der Waals surface area contributed by atoms with Gasteiger partial charge in [0.15, 0.2) is 6.17 Å². The second kappa shape index (κ2) is 7.69. The Morgan fingerprint density at radius 1 is 1.41 bits per heavy atom. The first kappa shape index (κ1) is 16.2. The first-order valence-electron chi connectivity index (χ1n) is 7.34. The van der Waals surface area contributed by atoms with Crippen molar-refractivity contribution in [2.75, 3.05) is 20.1 Å². The lowest BCUT2D eigenvalue weighted by atomic mass is 10.1. The third kappa shape index (κ3) is 4.14. The van der Waals surface area contributed by atoms with Gasteiger partial charge in [-0.25, -0.2) is 4.99 Å². The van der Waals surface area contributed by atoms with Crippen molar-refractivity contribution in [2.45, 2.75) is 31.1 Å². The number of fused-ring (bicyclic) bond motifs is 1. The van der Waals surface area contributed by atoms with Gasteiger partial charge in [0.05, 0.1) is 25.0 Å². The van der Waals surface area contributed by atoms with Gasteiger partial charge < -0.3 is 21.3 Å². The van der Waals surface area contributed by atoms with Crippen LogP contribution in [0.25, 0.3) is 0 Å². The van der Waals surface area contributed by atoms with E-state index in [0.29, 0.717) is 19.4 Å². The van der Waals surface area contributed by atoms with Gasteiger partial charge in [0.2, 0.25) is 11.8 Å². The molecule has 0 bridgehead atoms. The summed E-state index contributed by atoms with van der Waals surface area (Å²) in [4.78, 5) is 33.4. The largest absolute Gasteiger partial charge is 0.368 e. The quantitative estimate of drug-likeness (QED) is 0.481. The molecule has 0 aromatic rings. The maximum atomic E-state index is 11.9. The molecule has 3 atom stereocenters. The Bertz CT molecular complexity index is 502. The van der Waals surface area contributed by atoms with Crippen LogP contribution in [-0.2, 0) is 9.59 Å². The minimum absolute atomic E-state index is 0.0271. The number of hydrogen-bond acceptors (Lipinski definition) is 6. The van der Waals surface area contributed by atoms with E-state index < -0.39 is 0 Å². The third-order valence-corrected chi connectivity index (χ3v) is 3.70. The van der Waals surface area contributed by atoms with Crippen molar-refractivity contribution in [3.8, 4) is 0 Å². The summed E-state index contributed by atoms with van der Waals surface area (Å²) in [7, 11) is 1.69. The van der Waals surface area contributed by atoms with E-state index in [2.05, 4.69) is 20.6 Å². The molecule has 2 rings (SSSR count). The fraction of sp³-hybridized carbons (Fsp3) is 0.571. The molecule has 0 saturated heterocycles. The Morgan fingerprint density at radius 3 is 2.95 bits per heavy atom. The van der Waals surface area contributed by atoms with E-state index >= 15 is 0 Å². The van der Waals surface area contributed by atoms with Crippen LogP contribution in [0.15, 0.2) is 22.1 Å². The summed E-state index contributed by atoms with van der Waals surface area (Å²) < 4.78 is 0. The zero-order valence-corrected chi connectivity index (χ0v) is 12.6. The average Bonchev–Trinajstić information content (AvgIpc) is 2.90. The fourth-order valence-corrected chi connectivity index (χ4v) is 2.46. The molecular formula is C14H22N6O2. The molecule has 2 heterocycles. The average molecular weight is 306 g/mol. The van der Waals surface area contributed by atoms with Crippen LogP contribution in [0, 0.1) is 0 Å². The predicted octanol–water partition coefficient (Wildman–Crippen LogP) is -1.36. The highest BCUT2D eigenvalue weighted by Gasteiger charge is 2.30. The van der Waals surface area contributed by atoms with E-state index in [0.717, 1.165) is 0 Å². The second-order valence-electron chi connectivity index (χ2n) is 5.26. The maximum Gasteiger partial charge on any atom is 0.239 e. The molecule has 2 amide bonds. The smallest absolute Gasteiger partial charge is 0.239 e. The molecular weight excluding hydrogens is 284 g/mol. The first-order chi connectivity index (χ1) is 10.6. The number of amides is 2. The molecule has 0 aromatic heterocycles. The van der Waals surface area contributed by atoms with Crippen LogP contribution in [0.5, 0.6) is 0 Å². The Morgan fingerprint density at radius 2 is 2.23 bits per heavy atom. The van der Waals surface area contributed by atoms with E-state index in [-0.39, 0.29) is 36.6 Å². The lowest BCUT2D eigenvalue weighted by Crippen LogP contribution is -2.43. The molecule has 4 N–H and O–H groups in total. The molecule has 8 heteroatoms. The van der Waals surface area contributed by atoms with E-state index in [9.17, 15) is 9.59 Å². The van der Waals surface area contributed by atoms with Crippen molar-refractivity contribution >= 4 is 24.4 Å². The van der Waals surface area contributed by atoms with E-state index in [1.165, 1.54) is 0 Å². The molecule has 2 aliphatic heterocycles. The Kier molecular flexibility index (Phi) is 5.65. The molecule has 3 unspecified atom stereocenters. The van der Waals surface area contributed by atoms with E-state index in [4.69, 9.17) is 5.73 Å². The van der Waals surface area contributed by atoms with Crippen LogP contribution in [0.3, 0.4) is 0 Å².